The molecule has 0 aliphatic rings. The highest BCUT2D eigenvalue weighted by molar-refractivity contribution is 8.45. The van der Waals surface area contributed by atoms with E-state index in [1.54, 1.807) is 6.20 Å². The zero-order chi connectivity index (χ0) is 27.5. The van der Waals surface area contributed by atoms with E-state index in [4.69, 9.17) is 9.15 Å². The normalized spacial score (nSPS) is 14.3. The molecule has 0 aliphatic carbocycles. The van der Waals surface area contributed by atoms with Crippen molar-refractivity contribution in [2.45, 2.75) is 22.9 Å². The van der Waals surface area contributed by atoms with Crippen molar-refractivity contribution in [2.24, 2.45) is 0 Å². The number of nitrogens with one attached hydrogen (secondary N) is 1. The molecular weight excluding hydrogens is 557 g/mol. The summed E-state index contributed by atoms with van der Waals surface area (Å²) < 4.78 is 104. The largest absolute Gasteiger partial charge is 0.487 e. The molecule has 0 atom stereocenters. The Labute approximate surface area is 213 Å². The number of oxazole rings is 1. The fourth-order valence-corrected chi connectivity index (χ4v) is 4.74. The minimum Gasteiger partial charge on any atom is -0.487 e. The van der Waals surface area contributed by atoms with E-state index in [0.29, 0.717) is 30.1 Å². The molecule has 16 heteroatoms. The summed E-state index contributed by atoms with van der Waals surface area (Å²) in [6, 6.07) is 8.17. The van der Waals surface area contributed by atoms with Crippen LogP contribution in [0, 0.1) is 0 Å². The predicted octanol–water partition coefficient (Wildman–Crippen LogP) is 5.65. The Hall–Kier alpha value is -3.76. The molecule has 0 saturated carbocycles. The highest BCUT2D eigenvalue weighted by Gasteiger charge is 2.65. The van der Waals surface area contributed by atoms with E-state index in [9.17, 15) is 27.8 Å². The van der Waals surface area contributed by atoms with Crippen LogP contribution >= 0.6 is 10.2 Å². The van der Waals surface area contributed by atoms with Gasteiger partial charge in [-0.25, -0.2) is 18.1 Å². The standard InChI is InChI=1S/C22H20F5N5O4S2/c23-38(24,25,26,27)21-8-1-17(2-9-21)3-10-22-30-18(16-36-22)15-35-19-4-6-20(7-5-19)37(33,34)29-12-14-32-13-11-28-31-32/h1-11,13,16,29H,12,14-15H2/b10-3+. The van der Waals surface area contributed by atoms with E-state index in [1.807, 2.05) is 0 Å². The number of benzene rings is 2. The average molecular weight is 578 g/mol. The quantitative estimate of drug-likeness (QED) is 0.229. The van der Waals surface area contributed by atoms with Crippen molar-refractivity contribution < 1.29 is 37.0 Å². The third-order valence-electron chi connectivity index (χ3n) is 4.94. The Bertz CT molecular complexity index is 1520. The van der Waals surface area contributed by atoms with E-state index < -0.39 is 25.1 Å². The van der Waals surface area contributed by atoms with Gasteiger partial charge in [0.1, 0.15) is 29.2 Å². The van der Waals surface area contributed by atoms with E-state index >= 15 is 0 Å². The number of hydrogen-bond acceptors (Lipinski definition) is 7. The highest BCUT2D eigenvalue weighted by Crippen LogP contribution is 3.02. The van der Waals surface area contributed by atoms with Crippen LogP contribution in [0.3, 0.4) is 0 Å². The van der Waals surface area contributed by atoms with Crippen molar-refractivity contribution in [3.05, 3.63) is 84.3 Å². The zero-order valence-corrected chi connectivity index (χ0v) is 20.9. The molecule has 2 aromatic heterocycles. The van der Waals surface area contributed by atoms with Gasteiger partial charge in [0.2, 0.25) is 15.9 Å². The smallest absolute Gasteiger partial charge is 0.310 e. The molecule has 0 fully saturated rings. The fourth-order valence-electron chi connectivity index (χ4n) is 3.07. The number of hydrogen-bond donors (Lipinski definition) is 1. The van der Waals surface area contributed by atoms with Crippen LogP contribution in [-0.4, -0.2) is 34.9 Å². The molecule has 0 amide bonds. The Morgan fingerprint density at radius 1 is 1.00 bits per heavy atom. The number of rotatable bonds is 11. The van der Waals surface area contributed by atoms with Crippen LogP contribution in [0.25, 0.3) is 12.2 Å². The second-order valence-electron chi connectivity index (χ2n) is 7.87. The molecule has 2 aromatic carbocycles. The minimum atomic E-state index is -9.72. The zero-order valence-electron chi connectivity index (χ0n) is 19.3. The van der Waals surface area contributed by atoms with Crippen LogP contribution in [0.15, 0.2) is 81.4 Å². The molecule has 204 valence electrons. The Balaban J connectivity index is 1.29. The molecular formula is C22H20F5N5O4S2. The van der Waals surface area contributed by atoms with Crippen molar-refractivity contribution in [1.29, 1.82) is 0 Å². The highest BCUT2D eigenvalue weighted by atomic mass is 32.5. The van der Waals surface area contributed by atoms with Crippen LogP contribution in [0.2, 0.25) is 0 Å². The van der Waals surface area contributed by atoms with Crippen molar-refractivity contribution in [3.63, 3.8) is 0 Å². The first-order valence-corrected chi connectivity index (χ1v) is 14.1. The van der Waals surface area contributed by atoms with Crippen molar-refractivity contribution in [2.75, 3.05) is 6.54 Å². The molecule has 0 spiro atoms. The van der Waals surface area contributed by atoms with E-state index in [-0.39, 0.29) is 29.5 Å². The summed E-state index contributed by atoms with van der Waals surface area (Å²) in [7, 11) is -13.5. The van der Waals surface area contributed by atoms with E-state index in [1.165, 1.54) is 53.6 Å². The monoisotopic (exact) mass is 577 g/mol. The lowest BCUT2D eigenvalue weighted by molar-refractivity contribution is 0.301. The lowest BCUT2D eigenvalue weighted by Crippen LogP contribution is -2.27. The Morgan fingerprint density at radius 2 is 1.71 bits per heavy atom. The molecule has 4 rings (SSSR count). The number of ether oxygens (including phenoxy) is 1. The first kappa shape index (κ1) is 27.3. The molecule has 4 aromatic rings. The lowest BCUT2D eigenvalue weighted by atomic mass is 10.2. The van der Waals surface area contributed by atoms with E-state index in [0.717, 1.165) is 12.1 Å². The fraction of sp³-hybridized carbons (Fsp3) is 0.136. The van der Waals surface area contributed by atoms with Crippen molar-refractivity contribution >= 4 is 32.4 Å². The second kappa shape index (κ2) is 9.52. The molecule has 0 aliphatic heterocycles. The molecule has 2 heterocycles. The van der Waals surface area contributed by atoms with Crippen LogP contribution in [-0.2, 0) is 23.2 Å². The van der Waals surface area contributed by atoms with Crippen molar-refractivity contribution in [3.8, 4) is 5.75 Å². The molecule has 38 heavy (non-hydrogen) atoms. The summed E-state index contributed by atoms with van der Waals surface area (Å²) in [5.74, 6) is 0.481. The van der Waals surface area contributed by atoms with E-state index in [2.05, 4.69) is 20.0 Å². The average Bonchev–Trinajstić information content (AvgIpc) is 3.53. The Kier molecular flexibility index (Phi) is 6.83. The maximum Gasteiger partial charge on any atom is 0.310 e. The van der Waals surface area contributed by atoms with Crippen molar-refractivity contribution in [1.82, 2.24) is 24.7 Å². The summed E-state index contributed by atoms with van der Waals surface area (Å²) in [6.45, 7) is 0.431. The number of halogens is 5. The summed E-state index contributed by atoms with van der Waals surface area (Å²) >= 11 is 0. The summed E-state index contributed by atoms with van der Waals surface area (Å²) in [4.78, 5) is 2.22. The maximum atomic E-state index is 12.8. The molecule has 0 saturated heterocycles. The van der Waals surface area contributed by atoms with Gasteiger partial charge in [0.25, 0.3) is 0 Å². The number of nitrogens with zero attached hydrogens (tertiary/aromatic N) is 4. The third kappa shape index (κ3) is 7.39. The van der Waals surface area contributed by atoms with Gasteiger partial charge in [-0.3, -0.25) is 4.68 Å². The van der Waals surface area contributed by atoms with Gasteiger partial charge in [0.15, 0.2) is 0 Å². The summed E-state index contributed by atoms with van der Waals surface area (Å²) in [5, 5.41) is 7.39. The van der Waals surface area contributed by atoms with Gasteiger partial charge >= 0.3 is 10.2 Å². The molecule has 1 N–H and O–H groups in total. The Morgan fingerprint density at radius 3 is 2.34 bits per heavy atom. The first-order chi connectivity index (χ1) is 17.7. The topological polar surface area (TPSA) is 112 Å². The third-order valence-corrected chi connectivity index (χ3v) is 7.58. The van der Waals surface area contributed by atoms with Crippen LogP contribution in [0.5, 0.6) is 5.75 Å². The first-order valence-electron chi connectivity index (χ1n) is 10.7. The van der Waals surface area contributed by atoms with Gasteiger partial charge in [-0.15, -0.1) is 5.10 Å². The lowest BCUT2D eigenvalue weighted by Gasteiger charge is -2.40. The second-order valence-corrected chi connectivity index (χ2v) is 12.0. The number of aromatic nitrogens is 4. The predicted molar refractivity (Wildman–Crippen MR) is 129 cm³/mol. The van der Waals surface area contributed by atoms with Gasteiger partial charge in [-0.2, -0.15) is 0 Å². The van der Waals surface area contributed by atoms with Gasteiger partial charge in [-0.1, -0.05) is 36.8 Å². The summed E-state index contributed by atoms with van der Waals surface area (Å²) in [6.07, 6.45) is 7.11. The molecule has 9 nitrogen and oxygen atoms in total. The van der Waals surface area contributed by atoms with Gasteiger partial charge in [0.05, 0.1) is 17.6 Å². The SMILES string of the molecule is O=S(=O)(NCCn1ccnn1)c1ccc(OCc2coc(/C=C/c3ccc(S(F)(F)(F)(F)F)cc3)n2)cc1. The van der Waals surface area contributed by atoms with Crippen LogP contribution in [0.4, 0.5) is 19.4 Å². The minimum absolute atomic E-state index is 0.0157. The molecule has 0 bridgehead atoms. The van der Waals surface area contributed by atoms with Gasteiger partial charge < -0.3 is 9.15 Å². The van der Waals surface area contributed by atoms with Crippen LogP contribution < -0.4 is 9.46 Å². The summed E-state index contributed by atoms with van der Waals surface area (Å²) in [5.41, 5.74) is 0.613. The van der Waals surface area contributed by atoms with Crippen LogP contribution in [0.1, 0.15) is 17.1 Å². The number of sulfonamides is 1. The maximum absolute atomic E-state index is 12.8. The molecule has 0 radical (unpaired) electrons. The molecule has 0 unspecified atom stereocenters. The van der Waals surface area contributed by atoms with Gasteiger partial charge in [-0.05, 0) is 48.0 Å². The van der Waals surface area contributed by atoms with Gasteiger partial charge in [0, 0.05) is 18.8 Å².